The van der Waals surface area contributed by atoms with Crippen LogP contribution in [0.3, 0.4) is 0 Å². The van der Waals surface area contributed by atoms with Crippen LogP contribution in [0.4, 0.5) is 0 Å². The Kier molecular flexibility index (Phi) is 3.89. The van der Waals surface area contributed by atoms with Crippen LogP contribution in [0.2, 0.25) is 0 Å². The Morgan fingerprint density at radius 2 is 2.35 bits per heavy atom. The molecule has 1 aliphatic rings. The third kappa shape index (κ3) is 3.33. The molecule has 0 spiro atoms. The number of nitrogens with zero attached hydrogens (tertiary/aromatic N) is 1. The summed E-state index contributed by atoms with van der Waals surface area (Å²) in [6, 6.07) is 2.63. The van der Waals surface area contributed by atoms with E-state index in [2.05, 4.69) is 31.1 Å². The molecular formula is C14H24N2O. The molecule has 2 heterocycles. The lowest BCUT2D eigenvalue weighted by Gasteiger charge is -2.41. The van der Waals surface area contributed by atoms with E-state index >= 15 is 0 Å². The zero-order valence-electron chi connectivity index (χ0n) is 11.2. The van der Waals surface area contributed by atoms with Gasteiger partial charge in [0.1, 0.15) is 0 Å². The minimum absolute atomic E-state index is 0.406. The molecule has 0 aromatic carbocycles. The van der Waals surface area contributed by atoms with Crippen molar-refractivity contribution in [1.29, 1.82) is 0 Å². The van der Waals surface area contributed by atoms with Crippen molar-refractivity contribution in [2.45, 2.75) is 39.3 Å². The molecule has 0 bridgehead atoms. The molecule has 1 unspecified atom stereocenters. The summed E-state index contributed by atoms with van der Waals surface area (Å²) < 4.78 is 5.10. The summed E-state index contributed by atoms with van der Waals surface area (Å²) in [4.78, 5) is 2.37. The molecule has 1 aliphatic heterocycles. The molecular weight excluding hydrogens is 212 g/mol. The Hall–Kier alpha value is -0.800. The Labute approximate surface area is 104 Å². The van der Waals surface area contributed by atoms with Crippen LogP contribution in [0.5, 0.6) is 0 Å². The molecule has 0 radical (unpaired) electrons. The fraction of sp³-hybridized carbons (Fsp3) is 0.714. The minimum Gasteiger partial charge on any atom is -0.472 e. The number of nitrogens with one attached hydrogen (secondary N) is 1. The third-order valence-electron chi connectivity index (χ3n) is 3.86. The average Bonchev–Trinajstić information content (AvgIpc) is 2.73. The van der Waals surface area contributed by atoms with E-state index in [1.807, 2.05) is 12.3 Å². The van der Waals surface area contributed by atoms with Crippen LogP contribution in [-0.2, 0) is 6.54 Å². The number of hydrogen-bond donors (Lipinski definition) is 1. The molecule has 1 fully saturated rings. The smallest absolute Gasteiger partial charge is 0.0947 e. The molecule has 1 N–H and O–H groups in total. The summed E-state index contributed by atoms with van der Waals surface area (Å²) in [5.74, 6) is 0. The average molecular weight is 236 g/mol. The van der Waals surface area contributed by atoms with E-state index in [4.69, 9.17) is 4.42 Å². The predicted molar refractivity (Wildman–Crippen MR) is 69.8 cm³/mol. The standard InChI is InChI=1S/C14H24N2O/c1-14(2)6-4-7-15-13(14)10-16(3)9-12-5-8-17-11-12/h5,8,11,13,15H,4,6-7,9-10H2,1-3H3. The van der Waals surface area contributed by atoms with Crippen molar-refractivity contribution >= 4 is 0 Å². The highest BCUT2D eigenvalue weighted by atomic mass is 16.3. The van der Waals surface area contributed by atoms with Crippen LogP contribution in [0.1, 0.15) is 32.3 Å². The first kappa shape index (κ1) is 12.7. The van der Waals surface area contributed by atoms with Gasteiger partial charge in [0.25, 0.3) is 0 Å². The van der Waals surface area contributed by atoms with Gasteiger partial charge in [-0.1, -0.05) is 13.8 Å². The third-order valence-corrected chi connectivity index (χ3v) is 3.86. The number of hydrogen-bond acceptors (Lipinski definition) is 3. The highest BCUT2D eigenvalue weighted by Gasteiger charge is 2.32. The van der Waals surface area contributed by atoms with E-state index in [0.29, 0.717) is 11.5 Å². The number of rotatable bonds is 4. The first-order chi connectivity index (χ1) is 8.08. The number of likely N-dealkylation sites (N-methyl/N-ethyl adjacent to an activating group) is 1. The van der Waals surface area contributed by atoms with Gasteiger partial charge in [0, 0.05) is 24.7 Å². The summed E-state index contributed by atoms with van der Waals surface area (Å²) in [5, 5.41) is 3.65. The Bertz CT molecular complexity index is 332. The van der Waals surface area contributed by atoms with Crippen molar-refractivity contribution in [2.24, 2.45) is 5.41 Å². The van der Waals surface area contributed by atoms with Gasteiger partial charge in [0.15, 0.2) is 0 Å². The van der Waals surface area contributed by atoms with Crippen LogP contribution >= 0.6 is 0 Å². The molecule has 1 saturated heterocycles. The molecule has 1 aromatic rings. The summed E-state index contributed by atoms with van der Waals surface area (Å²) >= 11 is 0. The van der Waals surface area contributed by atoms with Crippen molar-refractivity contribution in [2.75, 3.05) is 20.1 Å². The quantitative estimate of drug-likeness (QED) is 0.870. The Morgan fingerprint density at radius 3 is 3.00 bits per heavy atom. The van der Waals surface area contributed by atoms with Gasteiger partial charge >= 0.3 is 0 Å². The predicted octanol–water partition coefficient (Wildman–Crippen LogP) is 2.49. The second-order valence-corrected chi connectivity index (χ2v) is 5.93. The van der Waals surface area contributed by atoms with Crippen LogP contribution in [0, 0.1) is 5.41 Å². The molecule has 0 saturated carbocycles. The molecule has 3 nitrogen and oxygen atoms in total. The largest absolute Gasteiger partial charge is 0.472 e. The van der Waals surface area contributed by atoms with Gasteiger partial charge in [-0.3, -0.25) is 0 Å². The zero-order valence-corrected chi connectivity index (χ0v) is 11.2. The lowest BCUT2D eigenvalue weighted by Crippen LogP contribution is -2.52. The molecule has 1 aromatic heterocycles. The Morgan fingerprint density at radius 1 is 1.53 bits per heavy atom. The molecule has 17 heavy (non-hydrogen) atoms. The lowest BCUT2D eigenvalue weighted by molar-refractivity contribution is 0.136. The maximum absolute atomic E-state index is 5.10. The van der Waals surface area contributed by atoms with Crippen molar-refractivity contribution < 1.29 is 4.42 Å². The van der Waals surface area contributed by atoms with Gasteiger partial charge in [-0.2, -0.15) is 0 Å². The normalized spacial score (nSPS) is 24.1. The van der Waals surface area contributed by atoms with Crippen LogP contribution < -0.4 is 5.32 Å². The van der Waals surface area contributed by atoms with Gasteiger partial charge in [-0.15, -0.1) is 0 Å². The SMILES string of the molecule is CN(Cc1ccoc1)CC1NCCCC1(C)C. The van der Waals surface area contributed by atoms with Crippen LogP contribution in [-0.4, -0.2) is 31.1 Å². The number of piperidine rings is 1. The monoisotopic (exact) mass is 236 g/mol. The van der Waals surface area contributed by atoms with Gasteiger partial charge in [0.05, 0.1) is 12.5 Å². The maximum atomic E-state index is 5.10. The van der Waals surface area contributed by atoms with Crippen molar-refractivity contribution in [3.05, 3.63) is 24.2 Å². The molecule has 0 aliphatic carbocycles. The molecule has 96 valence electrons. The van der Waals surface area contributed by atoms with Gasteiger partial charge in [-0.05, 0) is 37.9 Å². The summed E-state index contributed by atoms with van der Waals surface area (Å²) in [7, 11) is 2.18. The Balaban J connectivity index is 1.87. The first-order valence-corrected chi connectivity index (χ1v) is 6.51. The van der Waals surface area contributed by atoms with Crippen molar-refractivity contribution in [1.82, 2.24) is 10.2 Å². The summed E-state index contributed by atoms with van der Waals surface area (Å²) in [6.45, 7) is 7.96. The highest BCUT2D eigenvalue weighted by Crippen LogP contribution is 2.30. The zero-order chi connectivity index (χ0) is 12.3. The molecule has 1 atom stereocenters. The molecule has 2 rings (SSSR count). The fourth-order valence-electron chi connectivity index (χ4n) is 2.65. The van der Waals surface area contributed by atoms with Crippen LogP contribution in [0.15, 0.2) is 23.0 Å². The minimum atomic E-state index is 0.406. The summed E-state index contributed by atoms with van der Waals surface area (Å²) in [6.07, 6.45) is 6.20. The van der Waals surface area contributed by atoms with E-state index in [9.17, 15) is 0 Å². The molecule has 3 heteroatoms. The van der Waals surface area contributed by atoms with Crippen LogP contribution in [0.25, 0.3) is 0 Å². The number of furan rings is 1. The second kappa shape index (κ2) is 5.23. The second-order valence-electron chi connectivity index (χ2n) is 5.93. The lowest BCUT2D eigenvalue weighted by atomic mass is 9.77. The first-order valence-electron chi connectivity index (χ1n) is 6.51. The summed E-state index contributed by atoms with van der Waals surface area (Å²) in [5.41, 5.74) is 1.66. The van der Waals surface area contributed by atoms with E-state index in [0.717, 1.165) is 19.6 Å². The molecule has 0 amide bonds. The van der Waals surface area contributed by atoms with E-state index in [-0.39, 0.29) is 0 Å². The maximum Gasteiger partial charge on any atom is 0.0947 e. The topological polar surface area (TPSA) is 28.4 Å². The van der Waals surface area contributed by atoms with Crippen molar-refractivity contribution in [3.8, 4) is 0 Å². The fourth-order valence-corrected chi connectivity index (χ4v) is 2.65. The highest BCUT2D eigenvalue weighted by molar-refractivity contribution is 5.05. The van der Waals surface area contributed by atoms with Gasteiger partial charge in [-0.25, -0.2) is 0 Å². The van der Waals surface area contributed by atoms with Crippen molar-refractivity contribution in [3.63, 3.8) is 0 Å². The van der Waals surface area contributed by atoms with E-state index < -0.39 is 0 Å². The van der Waals surface area contributed by atoms with Gasteiger partial charge in [0.2, 0.25) is 0 Å². The van der Waals surface area contributed by atoms with Gasteiger partial charge < -0.3 is 14.6 Å². The van der Waals surface area contributed by atoms with E-state index in [1.165, 1.54) is 18.4 Å². The van der Waals surface area contributed by atoms with E-state index in [1.54, 1.807) is 6.26 Å².